The Kier molecular flexibility index (Phi) is 11.5. The lowest BCUT2D eigenvalue weighted by molar-refractivity contribution is 0.172. The van der Waals surface area contributed by atoms with Gasteiger partial charge in [-0.25, -0.2) is 18.1 Å². The van der Waals surface area contributed by atoms with Crippen LogP contribution in [0.3, 0.4) is 0 Å². The molecule has 0 aliphatic heterocycles. The van der Waals surface area contributed by atoms with Crippen molar-refractivity contribution in [2.24, 2.45) is 4.99 Å². The van der Waals surface area contributed by atoms with Crippen LogP contribution in [0.25, 0.3) is 0 Å². The van der Waals surface area contributed by atoms with Crippen LogP contribution in [0.15, 0.2) is 23.2 Å². The average Bonchev–Trinajstić information content (AvgIpc) is 2.63. The zero-order valence-corrected chi connectivity index (χ0v) is 18.2. The molecule has 3 N–H and O–H groups in total. The number of ether oxygens (including phenoxy) is 2. The van der Waals surface area contributed by atoms with E-state index in [1.54, 1.807) is 7.11 Å². The standard InChI is InChI=1S/C19H34N4O4S/c1-5-20-19(21-10-6-11-23-28(4,24)25)22-15-17-9-8-16(2)14-18(17)27-13-7-12-26-3/h8-9,14,23H,5-7,10-13,15H2,1-4H3,(H2,20,21,22). The summed E-state index contributed by atoms with van der Waals surface area (Å²) in [6.45, 7) is 7.52. The van der Waals surface area contributed by atoms with Crippen molar-refractivity contribution >= 4 is 16.0 Å². The monoisotopic (exact) mass is 414 g/mol. The van der Waals surface area contributed by atoms with E-state index >= 15 is 0 Å². The summed E-state index contributed by atoms with van der Waals surface area (Å²) < 4.78 is 35.6. The molecule has 0 atom stereocenters. The zero-order valence-electron chi connectivity index (χ0n) is 17.4. The summed E-state index contributed by atoms with van der Waals surface area (Å²) in [7, 11) is -1.47. The summed E-state index contributed by atoms with van der Waals surface area (Å²) in [6.07, 6.45) is 2.65. The van der Waals surface area contributed by atoms with E-state index in [1.807, 2.05) is 32.0 Å². The van der Waals surface area contributed by atoms with E-state index in [1.165, 1.54) is 0 Å². The second-order valence-electron chi connectivity index (χ2n) is 6.45. The highest BCUT2D eigenvalue weighted by Gasteiger charge is 2.06. The van der Waals surface area contributed by atoms with Gasteiger partial charge in [-0.2, -0.15) is 0 Å². The second-order valence-corrected chi connectivity index (χ2v) is 8.28. The lowest BCUT2D eigenvalue weighted by Crippen LogP contribution is -2.38. The predicted molar refractivity (Wildman–Crippen MR) is 113 cm³/mol. The molecule has 8 nitrogen and oxygen atoms in total. The van der Waals surface area contributed by atoms with Gasteiger partial charge in [0.05, 0.1) is 19.4 Å². The third kappa shape index (κ3) is 11.1. The maximum atomic E-state index is 11.1. The van der Waals surface area contributed by atoms with Crippen molar-refractivity contribution in [1.29, 1.82) is 0 Å². The molecule has 0 spiro atoms. The van der Waals surface area contributed by atoms with Gasteiger partial charge in [-0.1, -0.05) is 12.1 Å². The van der Waals surface area contributed by atoms with Crippen LogP contribution >= 0.6 is 0 Å². The van der Waals surface area contributed by atoms with Gasteiger partial charge in [0.25, 0.3) is 0 Å². The van der Waals surface area contributed by atoms with E-state index in [0.29, 0.717) is 45.2 Å². The number of nitrogens with zero attached hydrogens (tertiary/aromatic N) is 1. The molecular formula is C19H34N4O4S. The Morgan fingerprint density at radius 3 is 2.61 bits per heavy atom. The summed E-state index contributed by atoms with van der Waals surface area (Å²) in [4.78, 5) is 4.62. The number of aliphatic imine (C=N–C) groups is 1. The normalized spacial score (nSPS) is 12.1. The Morgan fingerprint density at radius 2 is 1.93 bits per heavy atom. The minimum Gasteiger partial charge on any atom is -0.493 e. The number of sulfonamides is 1. The molecule has 0 unspecified atom stereocenters. The number of guanidine groups is 1. The van der Waals surface area contributed by atoms with Gasteiger partial charge in [-0.05, 0) is 31.9 Å². The van der Waals surface area contributed by atoms with Gasteiger partial charge < -0.3 is 20.1 Å². The molecule has 1 rings (SSSR count). The molecule has 1 aromatic carbocycles. The number of nitrogens with one attached hydrogen (secondary N) is 3. The quantitative estimate of drug-likeness (QED) is 0.256. The van der Waals surface area contributed by atoms with Gasteiger partial charge in [0, 0.05) is 45.3 Å². The summed E-state index contributed by atoms with van der Waals surface area (Å²) >= 11 is 0. The lowest BCUT2D eigenvalue weighted by Gasteiger charge is -2.14. The molecule has 0 saturated heterocycles. The Labute approximate surface area is 169 Å². The molecule has 0 aliphatic rings. The van der Waals surface area contributed by atoms with E-state index in [0.717, 1.165) is 36.1 Å². The topological polar surface area (TPSA) is 101 Å². The average molecular weight is 415 g/mol. The molecule has 1 aromatic rings. The van der Waals surface area contributed by atoms with Gasteiger partial charge >= 0.3 is 0 Å². The SMILES string of the molecule is CCNC(=NCc1ccc(C)cc1OCCCOC)NCCCNS(C)(=O)=O. The molecule has 0 aliphatic carbocycles. The molecule has 28 heavy (non-hydrogen) atoms. The maximum absolute atomic E-state index is 11.1. The molecule has 0 bridgehead atoms. The van der Waals surface area contributed by atoms with Crippen molar-refractivity contribution in [3.8, 4) is 5.75 Å². The molecule has 0 aromatic heterocycles. The fourth-order valence-electron chi connectivity index (χ4n) is 2.37. The second kappa shape index (κ2) is 13.4. The Hall–Kier alpha value is -1.84. The number of rotatable bonds is 13. The summed E-state index contributed by atoms with van der Waals surface area (Å²) in [5, 5.41) is 6.41. The first-order chi connectivity index (χ1) is 13.4. The summed E-state index contributed by atoms with van der Waals surface area (Å²) in [5.41, 5.74) is 2.15. The molecule has 0 amide bonds. The van der Waals surface area contributed by atoms with Gasteiger partial charge in [-0.15, -0.1) is 0 Å². The van der Waals surface area contributed by atoms with Crippen LogP contribution in [0.2, 0.25) is 0 Å². The van der Waals surface area contributed by atoms with Crippen molar-refractivity contribution in [2.75, 3.05) is 46.2 Å². The Balaban J connectivity index is 2.62. The van der Waals surface area contributed by atoms with Gasteiger partial charge in [0.2, 0.25) is 10.0 Å². The third-order valence-electron chi connectivity index (χ3n) is 3.74. The first-order valence-electron chi connectivity index (χ1n) is 9.53. The molecule has 0 radical (unpaired) electrons. The minimum absolute atomic E-state index is 0.392. The van der Waals surface area contributed by atoms with E-state index in [-0.39, 0.29) is 0 Å². The number of methoxy groups -OCH3 is 1. The highest BCUT2D eigenvalue weighted by molar-refractivity contribution is 7.88. The number of aryl methyl sites for hydroxylation is 1. The zero-order chi connectivity index (χ0) is 20.8. The van der Waals surface area contributed by atoms with Crippen LogP contribution in [-0.4, -0.2) is 60.6 Å². The van der Waals surface area contributed by atoms with Crippen LogP contribution in [0, 0.1) is 6.92 Å². The van der Waals surface area contributed by atoms with E-state index in [4.69, 9.17) is 9.47 Å². The predicted octanol–water partition coefficient (Wildman–Crippen LogP) is 1.40. The number of hydrogen-bond acceptors (Lipinski definition) is 5. The van der Waals surface area contributed by atoms with Crippen LogP contribution in [0.1, 0.15) is 30.9 Å². The van der Waals surface area contributed by atoms with Crippen LogP contribution in [0.5, 0.6) is 5.75 Å². The largest absolute Gasteiger partial charge is 0.493 e. The van der Waals surface area contributed by atoms with Crippen molar-refractivity contribution < 1.29 is 17.9 Å². The molecule has 0 fully saturated rings. The van der Waals surface area contributed by atoms with Gasteiger partial charge in [0.15, 0.2) is 5.96 Å². The van der Waals surface area contributed by atoms with Gasteiger partial charge in [0.1, 0.15) is 5.75 Å². The summed E-state index contributed by atoms with van der Waals surface area (Å²) in [5.74, 6) is 1.53. The molecule has 160 valence electrons. The van der Waals surface area contributed by atoms with Crippen molar-refractivity contribution in [3.63, 3.8) is 0 Å². The Bertz CT molecular complexity index is 708. The molecular weight excluding hydrogens is 380 g/mol. The number of benzene rings is 1. The van der Waals surface area contributed by atoms with Crippen molar-refractivity contribution in [3.05, 3.63) is 29.3 Å². The maximum Gasteiger partial charge on any atom is 0.208 e. The smallest absolute Gasteiger partial charge is 0.208 e. The van der Waals surface area contributed by atoms with E-state index < -0.39 is 10.0 Å². The Morgan fingerprint density at radius 1 is 1.14 bits per heavy atom. The molecule has 0 heterocycles. The third-order valence-corrected chi connectivity index (χ3v) is 4.46. The van der Waals surface area contributed by atoms with Crippen LogP contribution in [-0.2, 0) is 21.3 Å². The fraction of sp³-hybridized carbons (Fsp3) is 0.632. The van der Waals surface area contributed by atoms with Crippen LogP contribution < -0.4 is 20.1 Å². The van der Waals surface area contributed by atoms with Crippen molar-refractivity contribution in [1.82, 2.24) is 15.4 Å². The first-order valence-corrected chi connectivity index (χ1v) is 11.4. The van der Waals surface area contributed by atoms with E-state index in [2.05, 4.69) is 20.3 Å². The van der Waals surface area contributed by atoms with Gasteiger partial charge in [-0.3, -0.25) is 0 Å². The lowest BCUT2D eigenvalue weighted by atomic mass is 10.1. The molecule has 0 saturated carbocycles. The fourth-order valence-corrected chi connectivity index (χ4v) is 2.89. The summed E-state index contributed by atoms with van der Waals surface area (Å²) in [6, 6.07) is 6.10. The minimum atomic E-state index is -3.15. The highest BCUT2D eigenvalue weighted by Crippen LogP contribution is 2.21. The first kappa shape index (κ1) is 24.2. The number of hydrogen-bond donors (Lipinski definition) is 3. The van der Waals surface area contributed by atoms with Crippen molar-refractivity contribution in [2.45, 2.75) is 33.2 Å². The van der Waals surface area contributed by atoms with Crippen LogP contribution in [0.4, 0.5) is 0 Å². The molecule has 9 heteroatoms. The highest BCUT2D eigenvalue weighted by atomic mass is 32.2. The van der Waals surface area contributed by atoms with E-state index in [9.17, 15) is 8.42 Å².